The number of carbonyl (C=O) groups is 1. The van der Waals surface area contributed by atoms with Crippen molar-refractivity contribution in [3.05, 3.63) is 27.7 Å². The second kappa shape index (κ2) is 4.27. The van der Waals surface area contributed by atoms with Gasteiger partial charge in [-0.3, -0.25) is 4.79 Å². The molecule has 1 amide bonds. The van der Waals surface area contributed by atoms with Crippen LogP contribution >= 0.6 is 23.2 Å². The fourth-order valence-electron chi connectivity index (χ4n) is 2.06. The predicted molar refractivity (Wildman–Crippen MR) is 67.3 cm³/mol. The van der Waals surface area contributed by atoms with Gasteiger partial charge in [-0.05, 0) is 30.0 Å². The molecule has 2 rings (SSSR count). The molecule has 0 radical (unpaired) electrons. The standard InChI is InChI=1S/C12H13Cl2NO/c1-6(2)3-9-8-4-7(13)5-10(14)11(8)15-12(9)16/h4-6,9H,3H2,1-2H3,(H,15,16). The number of hydrogen-bond donors (Lipinski definition) is 1. The number of carbonyl (C=O) groups excluding carboxylic acids is 1. The number of nitrogens with one attached hydrogen (secondary N) is 1. The lowest BCUT2D eigenvalue weighted by Crippen LogP contribution is -2.13. The van der Waals surface area contributed by atoms with Gasteiger partial charge in [0.2, 0.25) is 5.91 Å². The molecule has 0 aromatic heterocycles. The summed E-state index contributed by atoms with van der Waals surface area (Å²) < 4.78 is 0. The third-order valence-electron chi connectivity index (χ3n) is 2.73. The topological polar surface area (TPSA) is 29.1 Å². The van der Waals surface area contributed by atoms with Gasteiger partial charge in [-0.25, -0.2) is 0 Å². The summed E-state index contributed by atoms with van der Waals surface area (Å²) in [5.41, 5.74) is 1.65. The van der Waals surface area contributed by atoms with E-state index in [1.807, 2.05) is 6.07 Å². The van der Waals surface area contributed by atoms with Crippen molar-refractivity contribution < 1.29 is 4.79 Å². The Morgan fingerprint density at radius 1 is 1.38 bits per heavy atom. The molecule has 1 atom stereocenters. The first-order valence-electron chi connectivity index (χ1n) is 5.29. The number of fused-ring (bicyclic) bond motifs is 1. The minimum Gasteiger partial charge on any atom is -0.324 e. The summed E-state index contributed by atoms with van der Waals surface area (Å²) in [7, 11) is 0. The molecular formula is C12H13Cl2NO. The smallest absolute Gasteiger partial charge is 0.232 e. The summed E-state index contributed by atoms with van der Waals surface area (Å²) in [5, 5.41) is 3.91. The van der Waals surface area contributed by atoms with Crippen molar-refractivity contribution in [1.29, 1.82) is 0 Å². The van der Waals surface area contributed by atoms with Gasteiger partial charge in [-0.1, -0.05) is 37.0 Å². The zero-order valence-corrected chi connectivity index (χ0v) is 10.7. The molecule has 4 heteroatoms. The maximum atomic E-state index is 11.8. The third kappa shape index (κ3) is 2.04. The van der Waals surface area contributed by atoms with E-state index in [0.29, 0.717) is 16.0 Å². The van der Waals surface area contributed by atoms with E-state index in [4.69, 9.17) is 23.2 Å². The summed E-state index contributed by atoms with van der Waals surface area (Å²) in [6, 6.07) is 3.48. The van der Waals surface area contributed by atoms with Gasteiger partial charge in [-0.15, -0.1) is 0 Å². The quantitative estimate of drug-likeness (QED) is 0.850. The molecular weight excluding hydrogens is 245 g/mol. The van der Waals surface area contributed by atoms with Crippen LogP contribution in [0.5, 0.6) is 0 Å². The van der Waals surface area contributed by atoms with E-state index in [-0.39, 0.29) is 11.8 Å². The van der Waals surface area contributed by atoms with Gasteiger partial charge in [-0.2, -0.15) is 0 Å². The van der Waals surface area contributed by atoms with Crippen LogP contribution in [-0.2, 0) is 4.79 Å². The molecule has 1 N–H and O–H groups in total. The van der Waals surface area contributed by atoms with Gasteiger partial charge in [0.1, 0.15) is 0 Å². The van der Waals surface area contributed by atoms with E-state index in [0.717, 1.165) is 17.7 Å². The first kappa shape index (κ1) is 11.7. The monoisotopic (exact) mass is 257 g/mol. The summed E-state index contributed by atoms with van der Waals surface area (Å²) >= 11 is 12.0. The molecule has 1 aliphatic rings. The predicted octanol–water partition coefficient (Wildman–Crippen LogP) is 4.08. The average Bonchev–Trinajstić information content (AvgIpc) is 2.45. The molecule has 0 saturated carbocycles. The molecule has 1 heterocycles. The number of amides is 1. The first-order chi connectivity index (χ1) is 7.49. The Morgan fingerprint density at radius 3 is 2.69 bits per heavy atom. The largest absolute Gasteiger partial charge is 0.324 e. The zero-order valence-electron chi connectivity index (χ0n) is 9.18. The minimum absolute atomic E-state index is 0.0212. The molecule has 1 aliphatic heterocycles. The highest BCUT2D eigenvalue weighted by Gasteiger charge is 2.32. The molecule has 1 aromatic rings. The highest BCUT2D eigenvalue weighted by atomic mass is 35.5. The molecule has 0 spiro atoms. The summed E-state index contributed by atoms with van der Waals surface area (Å²) in [5.74, 6) is 0.360. The third-order valence-corrected chi connectivity index (χ3v) is 3.25. The Morgan fingerprint density at radius 2 is 2.06 bits per heavy atom. The number of hydrogen-bond acceptors (Lipinski definition) is 1. The number of rotatable bonds is 2. The maximum absolute atomic E-state index is 11.8. The van der Waals surface area contributed by atoms with Crippen LogP contribution in [0.15, 0.2) is 12.1 Å². The van der Waals surface area contributed by atoms with E-state index < -0.39 is 0 Å². The lowest BCUT2D eigenvalue weighted by molar-refractivity contribution is -0.117. The van der Waals surface area contributed by atoms with Crippen molar-refractivity contribution in [3.8, 4) is 0 Å². The molecule has 86 valence electrons. The molecule has 0 fully saturated rings. The van der Waals surface area contributed by atoms with E-state index >= 15 is 0 Å². The molecule has 0 saturated heterocycles. The van der Waals surface area contributed by atoms with Crippen molar-refractivity contribution in [2.45, 2.75) is 26.2 Å². The minimum atomic E-state index is -0.119. The second-order valence-electron chi connectivity index (χ2n) is 4.52. The Hall–Kier alpha value is -0.730. The second-order valence-corrected chi connectivity index (χ2v) is 5.37. The normalized spacial score (nSPS) is 18.8. The van der Waals surface area contributed by atoms with E-state index in [1.54, 1.807) is 6.07 Å². The fraction of sp³-hybridized carbons (Fsp3) is 0.417. The van der Waals surface area contributed by atoms with Crippen LogP contribution in [0, 0.1) is 5.92 Å². The van der Waals surface area contributed by atoms with Crippen LogP contribution in [0.2, 0.25) is 10.0 Å². The van der Waals surface area contributed by atoms with E-state index in [2.05, 4.69) is 19.2 Å². The van der Waals surface area contributed by atoms with Gasteiger partial charge in [0.05, 0.1) is 16.6 Å². The SMILES string of the molecule is CC(C)CC1C(=O)Nc2c(Cl)cc(Cl)cc21. The molecule has 16 heavy (non-hydrogen) atoms. The Labute approximate surface area is 105 Å². The summed E-state index contributed by atoms with van der Waals surface area (Å²) in [6.45, 7) is 4.19. The van der Waals surface area contributed by atoms with Crippen LogP contribution in [-0.4, -0.2) is 5.91 Å². The van der Waals surface area contributed by atoms with Gasteiger partial charge in [0, 0.05) is 5.02 Å². The van der Waals surface area contributed by atoms with Crippen LogP contribution in [0.25, 0.3) is 0 Å². The van der Waals surface area contributed by atoms with Gasteiger partial charge < -0.3 is 5.32 Å². The van der Waals surface area contributed by atoms with Gasteiger partial charge >= 0.3 is 0 Å². The van der Waals surface area contributed by atoms with Crippen LogP contribution in [0.3, 0.4) is 0 Å². The zero-order chi connectivity index (χ0) is 11.9. The van der Waals surface area contributed by atoms with Gasteiger partial charge in [0.15, 0.2) is 0 Å². The molecule has 2 nitrogen and oxygen atoms in total. The fourth-order valence-corrected chi connectivity index (χ4v) is 2.61. The Kier molecular flexibility index (Phi) is 3.13. The lowest BCUT2D eigenvalue weighted by atomic mass is 9.91. The highest BCUT2D eigenvalue weighted by Crippen LogP contribution is 2.42. The number of anilines is 1. The van der Waals surface area contributed by atoms with Crippen LogP contribution in [0.1, 0.15) is 31.7 Å². The van der Waals surface area contributed by atoms with E-state index in [9.17, 15) is 4.79 Å². The van der Waals surface area contributed by atoms with E-state index in [1.165, 1.54) is 0 Å². The molecule has 1 unspecified atom stereocenters. The van der Waals surface area contributed by atoms with Gasteiger partial charge in [0.25, 0.3) is 0 Å². The highest BCUT2D eigenvalue weighted by molar-refractivity contribution is 6.37. The summed E-state index contributed by atoms with van der Waals surface area (Å²) in [6.07, 6.45) is 0.815. The molecule has 0 bridgehead atoms. The van der Waals surface area contributed by atoms with Crippen molar-refractivity contribution in [1.82, 2.24) is 0 Å². The number of benzene rings is 1. The lowest BCUT2D eigenvalue weighted by Gasteiger charge is -2.11. The molecule has 0 aliphatic carbocycles. The maximum Gasteiger partial charge on any atom is 0.232 e. The van der Waals surface area contributed by atoms with Crippen molar-refractivity contribution in [2.24, 2.45) is 5.92 Å². The van der Waals surface area contributed by atoms with Crippen LogP contribution in [0.4, 0.5) is 5.69 Å². The number of halogens is 2. The van der Waals surface area contributed by atoms with Crippen molar-refractivity contribution in [3.63, 3.8) is 0 Å². The first-order valence-corrected chi connectivity index (χ1v) is 6.04. The Bertz CT molecular complexity index is 443. The average molecular weight is 258 g/mol. The van der Waals surface area contributed by atoms with Crippen LogP contribution < -0.4 is 5.32 Å². The van der Waals surface area contributed by atoms with Crippen molar-refractivity contribution in [2.75, 3.05) is 5.32 Å². The Balaban J connectivity index is 2.43. The summed E-state index contributed by atoms with van der Waals surface area (Å²) in [4.78, 5) is 11.8. The van der Waals surface area contributed by atoms with Crippen molar-refractivity contribution >= 4 is 34.8 Å². The molecule has 1 aromatic carbocycles.